The molecule has 2 aromatic carbocycles. The summed E-state index contributed by atoms with van der Waals surface area (Å²) < 4.78 is 12.9. The van der Waals surface area contributed by atoms with Crippen LogP contribution in [0.2, 0.25) is 0 Å². The van der Waals surface area contributed by atoms with Crippen molar-refractivity contribution in [2.24, 2.45) is 5.73 Å². The lowest BCUT2D eigenvalue weighted by atomic mass is 10.1. The lowest BCUT2D eigenvalue weighted by molar-refractivity contribution is 0.628. The lowest BCUT2D eigenvalue weighted by Crippen LogP contribution is -1.95. The summed E-state index contributed by atoms with van der Waals surface area (Å²) in [6.45, 7) is 0.517. The van der Waals surface area contributed by atoms with Crippen LogP contribution in [0.1, 0.15) is 5.56 Å². The largest absolute Gasteiger partial charge is 0.326 e. The van der Waals surface area contributed by atoms with Crippen LogP contribution in [0.4, 0.5) is 4.39 Å². The predicted molar refractivity (Wildman–Crippen MR) is 80.8 cm³/mol. The summed E-state index contributed by atoms with van der Waals surface area (Å²) in [7, 11) is 0. The van der Waals surface area contributed by atoms with Gasteiger partial charge in [0.1, 0.15) is 10.8 Å². The SMILES string of the molecule is NCc1cccc(-c2csc(-c3ccc(F)cc3)n2)c1. The fourth-order valence-electron chi connectivity index (χ4n) is 1.99. The van der Waals surface area contributed by atoms with Gasteiger partial charge in [-0.25, -0.2) is 9.37 Å². The normalized spacial score (nSPS) is 10.7. The van der Waals surface area contributed by atoms with Crippen LogP contribution in [0.5, 0.6) is 0 Å². The first-order chi connectivity index (χ1) is 9.76. The van der Waals surface area contributed by atoms with E-state index >= 15 is 0 Å². The maximum atomic E-state index is 12.9. The molecule has 4 heteroatoms. The Balaban J connectivity index is 1.95. The summed E-state index contributed by atoms with van der Waals surface area (Å²) in [5.74, 6) is -0.235. The molecule has 0 aliphatic rings. The van der Waals surface area contributed by atoms with Crippen LogP contribution < -0.4 is 5.73 Å². The molecule has 3 aromatic rings. The van der Waals surface area contributed by atoms with E-state index in [2.05, 4.69) is 4.98 Å². The average Bonchev–Trinajstić information content (AvgIpc) is 2.98. The fraction of sp³-hybridized carbons (Fsp3) is 0.0625. The van der Waals surface area contributed by atoms with E-state index in [0.717, 1.165) is 27.4 Å². The van der Waals surface area contributed by atoms with Gasteiger partial charge in [0, 0.05) is 23.1 Å². The monoisotopic (exact) mass is 284 g/mol. The lowest BCUT2D eigenvalue weighted by Gasteiger charge is -2.00. The van der Waals surface area contributed by atoms with Gasteiger partial charge < -0.3 is 5.73 Å². The predicted octanol–water partition coefficient (Wildman–Crippen LogP) is 4.07. The van der Waals surface area contributed by atoms with Gasteiger partial charge in [-0.15, -0.1) is 11.3 Å². The summed E-state index contributed by atoms with van der Waals surface area (Å²) in [5, 5.41) is 2.90. The molecule has 0 radical (unpaired) electrons. The topological polar surface area (TPSA) is 38.9 Å². The van der Waals surface area contributed by atoms with Crippen molar-refractivity contribution in [1.29, 1.82) is 0 Å². The molecule has 100 valence electrons. The molecule has 0 atom stereocenters. The van der Waals surface area contributed by atoms with E-state index < -0.39 is 0 Å². The Bertz CT molecular complexity index is 719. The third-order valence-corrected chi connectivity index (χ3v) is 3.95. The number of benzene rings is 2. The first-order valence-corrected chi connectivity index (χ1v) is 7.15. The Hall–Kier alpha value is -2.04. The highest BCUT2D eigenvalue weighted by Gasteiger charge is 2.07. The van der Waals surface area contributed by atoms with Gasteiger partial charge in [-0.3, -0.25) is 0 Å². The van der Waals surface area contributed by atoms with E-state index in [1.165, 1.54) is 12.1 Å². The van der Waals surface area contributed by atoms with Crippen molar-refractivity contribution >= 4 is 11.3 Å². The number of rotatable bonds is 3. The molecule has 0 aliphatic carbocycles. The number of hydrogen-bond acceptors (Lipinski definition) is 3. The van der Waals surface area contributed by atoms with Crippen molar-refractivity contribution in [2.45, 2.75) is 6.54 Å². The molecule has 0 unspecified atom stereocenters. The standard InChI is InChI=1S/C16H13FN2S/c17-14-6-4-12(5-7-14)16-19-15(10-20-16)13-3-1-2-11(8-13)9-18/h1-8,10H,9,18H2. The van der Waals surface area contributed by atoms with Crippen LogP contribution in [0.25, 0.3) is 21.8 Å². The van der Waals surface area contributed by atoms with Gasteiger partial charge >= 0.3 is 0 Å². The molecule has 2 nitrogen and oxygen atoms in total. The van der Waals surface area contributed by atoms with E-state index in [4.69, 9.17) is 5.73 Å². The molecule has 0 saturated heterocycles. The van der Waals surface area contributed by atoms with Gasteiger partial charge in [0.15, 0.2) is 0 Å². The van der Waals surface area contributed by atoms with E-state index in [0.29, 0.717) is 6.54 Å². The maximum absolute atomic E-state index is 12.9. The van der Waals surface area contributed by atoms with Crippen molar-refractivity contribution < 1.29 is 4.39 Å². The van der Waals surface area contributed by atoms with E-state index in [1.807, 2.05) is 29.6 Å². The molecule has 3 rings (SSSR count). The van der Waals surface area contributed by atoms with Crippen LogP contribution in [0.3, 0.4) is 0 Å². The summed E-state index contributed by atoms with van der Waals surface area (Å²) >= 11 is 1.55. The van der Waals surface area contributed by atoms with Crippen molar-refractivity contribution in [3.8, 4) is 21.8 Å². The zero-order chi connectivity index (χ0) is 13.9. The van der Waals surface area contributed by atoms with Crippen molar-refractivity contribution in [3.05, 3.63) is 65.3 Å². The quantitative estimate of drug-likeness (QED) is 0.787. The smallest absolute Gasteiger partial charge is 0.124 e. The summed E-state index contributed by atoms with van der Waals surface area (Å²) in [6, 6.07) is 14.4. The summed E-state index contributed by atoms with van der Waals surface area (Å²) in [4.78, 5) is 4.61. The Morgan fingerprint density at radius 1 is 1.05 bits per heavy atom. The van der Waals surface area contributed by atoms with Gasteiger partial charge in [0.25, 0.3) is 0 Å². The second-order valence-electron chi connectivity index (χ2n) is 4.45. The number of nitrogens with zero attached hydrogens (tertiary/aromatic N) is 1. The first kappa shape index (κ1) is 13.0. The van der Waals surface area contributed by atoms with Gasteiger partial charge in [0.2, 0.25) is 0 Å². The third-order valence-electron chi connectivity index (χ3n) is 3.05. The van der Waals surface area contributed by atoms with Gasteiger partial charge in [-0.05, 0) is 35.9 Å². The molecule has 1 heterocycles. The zero-order valence-corrected chi connectivity index (χ0v) is 11.5. The minimum absolute atomic E-state index is 0.235. The molecular weight excluding hydrogens is 271 g/mol. The molecule has 1 aromatic heterocycles. The number of halogens is 1. The number of aromatic nitrogens is 1. The van der Waals surface area contributed by atoms with E-state index in [-0.39, 0.29) is 5.82 Å². The van der Waals surface area contributed by atoms with Crippen molar-refractivity contribution in [3.63, 3.8) is 0 Å². The molecule has 20 heavy (non-hydrogen) atoms. The third kappa shape index (κ3) is 2.61. The van der Waals surface area contributed by atoms with Gasteiger partial charge in [-0.2, -0.15) is 0 Å². The van der Waals surface area contributed by atoms with Crippen LogP contribution in [-0.2, 0) is 6.54 Å². The Morgan fingerprint density at radius 3 is 2.60 bits per heavy atom. The maximum Gasteiger partial charge on any atom is 0.124 e. The minimum atomic E-state index is -0.235. The molecule has 0 fully saturated rings. The minimum Gasteiger partial charge on any atom is -0.326 e. The summed E-state index contributed by atoms with van der Waals surface area (Å²) in [6.07, 6.45) is 0. The second-order valence-corrected chi connectivity index (χ2v) is 5.31. The molecule has 0 aliphatic heterocycles. The van der Waals surface area contributed by atoms with Crippen molar-refractivity contribution in [1.82, 2.24) is 4.98 Å². The number of nitrogens with two attached hydrogens (primary N) is 1. The van der Waals surface area contributed by atoms with Gasteiger partial charge in [0.05, 0.1) is 5.69 Å². The van der Waals surface area contributed by atoms with Crippen LogP contribution >= 0.6 is 11.3 Å². The van der Waals surface area contributed by atoms with Crippen LogP contribution in [-0.4, -0.2) is 4.98 Å². The fourth-order valence-corrected chi connectivity index (χ4v) is 2.82. The highest BCUT2D eigenvalue weighted by molar-refractivity contribution is 7.13. The molecular formula is C16H13FN2S. The second kappa shape index (κ2) is 5.53. The van der Waals surface area contributed by atoms with Crippen LogP contribution in [0.15, 0.2) is 53.9 Å². The van der Waals surface area contributed by atoms with E-state index in [1.54, 1.807) is 23.5 Å². The highest BCUT2D eigenvalue weighted by Crippen LogP contribution is 2.29. The highest BCUT2D eigenvalue weighted by atomic mass is 32.1. The van der Waals surface area contributed by atoms with Gasteiger partial charge in [-0.1, -0.05) is 18.2 Å². The molecule has 0 spiro atoms. The molecule has 2 N–H and O–H groups in total. The van der Waals surface area contributed by atoms with E-state index in [9.17, 15) is 4.39 Å². The van der Waals surface area contributed by atoms with Crippen molar-refractivity contribution in [2.75, 3.05) is 0 Å². The Morgan fingerprint density at radius 2 is 1.85 bits per heavy atom. The molecule has 0 saturated carbocycles. The summed E-state index contributed by atoms with van der Waals surface area (Å²) in [5.41, 5.74) is 9.64. The molecule has 0 amide bonds. The Kier molecular flexibility index (Phi) is 3.58. The number of hydrogen-bond donors (Lipinski definition) is 1. The number of thiazole rings is 1. The molecule has 0 bridgehead atoms. The zero-order valence-electron chi connectivity index (χ0n) is 10.7. The van der Waals surface area contributed by atoms with Crippen LogP contribution in [0, 0.1) is 5.82 Å². The Labute approximate surface area is 120 Å². The first-order valence-electron chi connectivity index (χ1n) is 6.27. The average molecular weight is 284 g/mol.